The van der Waals surface area contributed by atoms with Crippen molar-refractivity contribution in [3.63, 3.8) is 0 Å². The van der Waals surface area contributed by atoms with Crippen LogP contribution in [0.5, 0.6) is 0 Å². The molecular weight excluding hydrogens is 339 g/mol. The number of halogens is 6. The number of hydrogen-bond acceptors (Lipinski definition) is 2. The van der Waals surface area contributed by atoms with Crippen LogP contribution in [0.4, 0.5) is 27.6 Å². The minimum absolute atomic E-state index is 0.213. The van der Waals surface area contributed by atoms with Gasteiger partial charge in [0.15, 0.2) is 5.54 Å². The van der Waals surface area contributed by atoms with Gasteiger partial charge < -0.3 is 11.1 Å². The fourth-order valence-electron chi connectivity index (χ4n) is 0.999. The highest BCUT2D eigenvalue weighted by Crippen LogP contribution is 2.30. The maximum atomic E-state index is 13.3. The van der Waals surface area contributed by atoms with Gasteiger partial charge in [0.25, 0.3) is 5.91 Å². The Morgan fingerprint density at radius 2 is 1.79 bits per heavy atom. The lowest BCUT2D eigenvalue weighted by atomic mass is 10.0. The first-order valence-corrected chi connectivity index (χ1v) is 5.57. The van der Waals surface area contributed by atoms with Crippen LogP contribution >= 0.6 is 15.9 Å². The summed E-state index contributed by atoms with van der Waals surface area (Å²) in [5, 5.41) is 1.67. The summed E-state index contributed by atoms with van der Waals surface area (Å²) in [6.07, 6.45) is -5.01. The molecule has 0 bridgehead atoms. The molecule has 0 radical (unpaired) electrons. The molecule has 0 aromatic heterocycles. The Hall–Kier alpha value is -1.22. The molecule has 0 heterocycles. The zero-order valence-corrected chi connectivity index (χ0v) is 11.0. The molecule has 0 saturated heterocycles. The molecule has 1 atom stereocenters. The van der Waals surface area contributed by atoms with Crippen LogP contribution in [0.2, 0.25) is 0 Å². The Bertz CT molecular complexity index is 515. The predicted molar refractivity (Wildman–Crippen MR) is 61.3 cm³/mol. The van der Waals surface area contributed by atoms with E-state index in [1.807, 2.05) is 0 Å². The van der Waals surface area contributed by atoms with Gasteiger partial charge in [-0.2, -0.15) is 13.2 Å². The van der Waals surface area contributed by atoms with Gasteiger partial charge in [0.1, 0.15) is 11.6 Å². The second kappa shape index (κ2) is 5.04. The Morgan fingerprint density at radius 1 is 1.26 bits per heavy atom. The number of alkyl halides is 3. The Labute approximate surface area is 113 Å². The molecule has 106 valence electrons. The van der Waals surface area contributed by atoms with Gasteiger partial charge in [-0.3, -0.25) is 4.79 Å². The van der Waals surface area contributed by atoms with E-state index in [-0.39, 0.29) is 4.47 Å². The van der Waals surface area contributed by atoms with E-state index >= 15 is 0 Å². The first-order valence-electron chi connectivity index (χ1n) is 4.78. The number of carbonyl (C=O) groups excluding carboxylic acids is 1. The maximum absolute atomic E-state index is 13.3. The molecule has 1 amide bonds. The Kier molecular flexibility index (Phi) is 4.20. The quantitative estimate of drug-likeness (QED) is 0.639. The van der Waals surface area contributed by atoms with E-state index in [1.54, 1.807) is 5.32 Å². The third-order valence-corrected chi connectivity index (χ3v) is 2.93. The summed E-state index contributed by atoms with van der Waals surface area (Å²) in [7, 11) is 0. The van der Waals surface area contributed by atoms with Crippen molar-refractivity contribution < 1.29 is 26.7 Å². The minimum atomic E-state index is -5.01. The SMILES string of the molecule is CC(N)(C(=O)Nc1cc(Br)c(F)cc1F)C(F)(F)F. The van der Waals surface area contributed by atoms with Crippen molar-refractivity contribution in [1.82, 2.24) is 0 Å². The zero-order chi connectivity index (χ0) is 15.0. The predicted octanol–water partition coefficient (Wildman–Crippen LogP) is 2.95. The summed E-state index contributed by atoms with van der Waals surface area (Å²) in [4.78, 5) is 11.4. The molecule has 9 heteroatoms. The summed E-state index contributed by atoms with van der Waals surface area (Å²) in [5.74, 6) is -3.83. The third kappa shape index (κ3) is 3.21. The highest BCUT2D eigenvalue weighted by atomic mass is 79.9. The number of anilines is 1. The molecule has 0 spiro atoms. The van der Waals surface area contributed by atoms with E-state index < -0.39 is 34.9 Å². The van der Waals surface area contributed by atoms with Gasteiger partial charge in [0.05, 0.1) is 10.2 Å². The first-order chi connectivity index (χ1) is 8.46. The molecule has 19 heavy (non-hydrogen) atoms. The molecule has 3 nitrogen and oxygen atoms in total. The standard InChI is InChI=1S/C10H8BrF5N2O/c1-9(17,10(14,15)16)8(19)18-7-2-4(11)5(12)3-6(7)13/h2-3H,17H2,1H3,(H,18,19). The lowest BCUT2D eigenvalue weighted by Crippen LogP contribution is -2.59. The average Bonchev–Trinajstić information content (AvgIpc) is 2.24. The summed E-state index contributed by atoms with van der Waals surface area (Å²) in [6.45, 7) is 0.443. The van der Waals surface area contributed by atoms with Crippen molar-refractivity contribution in [2.24, 2.45) is 5.73 Å². The van der Waals surface area contributed by atoms with Crippen LogP contribution in [0, 0.1) is 11.6 Å². The van der Waals surface area contributed by atoms with Crippen molar-refractivity contribution in [2.75, 3.05) is 5.32 Å². The van der Waals surface area contributed by atoms with E-state index in [0.29, 0.717) is 13.0 Å². The fourth-order valence-corrected chi connectivity index (χ4v) is 1.34. The van der Waals surface area contributed by atoms with Gasteiger partial charge >= 0.3 is 6.18 Å². The molecule has 0 fully saturated rings. The van der Waals surface area contributed by atoms with Gasteiger partial charge in [-0.05, 0) is 28.9 Å². The Balaban J connectivity index is 3.05. The van der Waals surface area contributed by atoms with E-state index in [9.17, 15) is 26.7 Å². The molecule has 1 rings (SSSR count). The normalized spacial score (nSPS) is 14.9. The highest BCUT2D eigenvalue weighted by molar-refractivity contribution is 9.10. The summed E-state index contributed by atoms with van der Waals surface area (Å²) < 4.78 is 63.4. The average molecular weight is 347 g/mol. The molecule has 3 N–H and O–H groups in total. The van der Waals surface area contributed by atoms with Gasteiger partial charge in [-0.15, -0.1) is 0 Å². The first kappa shape index (κ1) is 15.8. The number of nitrogens with one attached hydrogen (secondary N) is 1. The van der Waals surface area contributed by atoms with Crippen molar-refractivity contribution in [3.8, 4) is 0 Å². The molecule has 1 aromatic rings. The molecule has 0 aliphatic carbocycles. The van der Waals surface area contributed by atoms with Crippen molar-refractivity contribution in [2.45, 2.75) is 18.6 Å². The molecule has 0 saturated carbocycles. The number of nitrogens with two attached hydrogens (primary N) is 1. The molecule has 0 aliphatic heterocycles. The minimum Gasteiger partial charge on any atom is -0.322 e. The molecule has 1 aromatic carbocycles. The van der Waals surface area contributed by atoms with Crippen molar-refractivity contribution in [1.29, 1.82) is 0 Å². The van der Waals surface area contributed by atoms with Crippen molar-refractivity contribution in [3.05, 3.63) is 28.2 Å². The molecule has 1 unspecified atom stereocenters. The van der Waals surface area contributed by atoms with Crippen LogP contribution in [0.3, 0.4) is 0 Å². The zero-order valence-electron chi connectivity index (χ0n) is 9.41. The Morgan fingerprint density at radius 3 is 2.26 bits per heavy atom. The number of hydrogen-bond donors (Lipinski definition) is 2. The van der Waals surface area contributed by atoms with Crippen LogP contribution in [0.15, 0.2) is 16.6 Å². The van der Waals surface area contributed by atoms with Crippen LogP contribution in [0.1, 0.15) is 6.92 Å². The van der Waals surface area contributed by atoms with Crippen LogP contribution in [0.25, 0.3) is 0 Å². The molecular formula is C10H8BrF5N2O. The summed E-state index contributed by atoms with van der Waals surface area (Å²) in [5.41, 5.74) is 1.05. The number of amides is 1. The summed E-state index contributed by atoms with van der Waals surface area (Å²) in [6, 6.07) is 1.22. The van der Waals surface area contributed by atoms with Crippen LogP contribution < -0.4 is 11.1 Å². The van der Waals surface area contributed by atoms with Gasteiger partial charge in [0.2, 0.25) is 0 Å². The highest BCUT2D eigenvalue weighted by Gasteiger charge is 2.54. The lowest BCUT2D eigenvalue weighted by Gasteiger charge is -2.26. The summed E-state index contributed by atoms with van der Waals surface area (Å²) >= 11 is 2.71. The second-order valence-electron chi connectivity index (χ2n) is 3.90. The van der Waals surface area contributed by atoms with Crippen LogP contribution in [-0.2, 0) is 4.79 Å². The smallest absolute Gasteiger partial charge is 0.322 e. The largest absolute Gasteiger partial charge is 0.415 e. The third-order valence-electron chi connectivity index (χ3n) is 2.32. The van der Waals surface area contributed by atoms with E-state index in [0.717, 1.165) is 6.07 Å². The van der Waals surface area contributed by atoms with Crippen molar-refractivity contribution >= 4 is 27.5 Å². The van der Waals surface area contributed by atoms with E-state index in [2.05, 4.69) is 15.9 Å². The van der Waals surface area contributed by atoms with Gasteiger partial charge in [-0.25, -0.2) is 8.78 Å². The number of benzene rings is 1. The van der Waals surface area contributed by atoms with E-state index in [4.69, 9.17) is 5.73 Å². The molecule has 0 aliphatic rings. The topological polar surface area (TPSA) is 55.1 Å². The second-order valence-corrected chi connectivity index (χ2v) is 4.75. The van der Waals surface area contributed by atoms with E-state index in [1.165, 1.54) is 0 Å². The van der Waals surface area contributed by atoms with Crippen LogP contribution in [-0.4, -0.2) is 17.6 Å². The maximum Gasteiger partial charge on any atom is 0.415 e. The fraction of sp³-hybridized carbons (Fsp3) is 0.300. The number of rotatable bonds is 2. The van der Waals surface area contributed by atoms with Gasteiger partial charge in [0, 0.05) is 6.07 Å². The van der Waals surface area contributed by atoms with Gasteiger partial charge in [-0.1, -0.05) is 0 Å². The number of carbonyl (C=O) groups is 1. The monoisotopic (exact) mass is 346 g/mol. The lowest BCUT2D eigenvalue weighted by molar-refractivity contribution is -0.184.